The number of amides is 1. The van der Waals surface area contributed by atoms with Crippen molar-refractivity contribution in [2.75, 3.05) is 13.1 Å². The van der Waals surface area contributed by atoms with Crippen molar-refractivity contribution in [1.82, 2.24) is 4.90 Å². The maximum absolute atomic E-state index is 12.9. The molecule has 0 bridgehead atoms. The van der Waals surface area contributed by atoms with E-state index in [2.05, 4.69) is 0 Å². The third-order valence-electron chi connectivity index (χ3n) is 4.43. The van der Waals surface area contributed by atoms with Crippen LogP contribution in [-0.4, -0.2) is 29.9 Å². The molecule has 0 radical (unpaired) electrons. The molecule has 1 aliphatic heterocycles. The minimum atomic E-state index is -0.896. The highest BCUT2D eigenvalue weighted by Crippen LogP contribution is 2.24. The van der Waals surface area contributed by atoms with Crippen LogP contribution in [0.3, 0.4) is 0 Å². The summed E-state index contributed by atoms with van der Waals surface area (Å²) in [5.41, 5.74) is 3.17. The van der Waals surface area contributed by atoms with Crippen molar-refractivity contribution in [2.24, 2.45) is 0 Å². The van der Waals surface area contributed by atoms with Gasteiger partial charge >= 0.3 is 5.97 Å². The van der Waals surface area contributed by atoms with E-state index in [0.717, 1.165) is 37.1 Å². The second kappa shape index (κ2) is 7.51. The highest BCUT2D eigenvalue weighted by atomic mass is 16.5. The molecule has 0 saturated carbocycles. The number of hydrogen-bond acceptors (Lipinski definition) is 3. The molecule has 25 heavy (non-hydrogen) atoms. The molecule has 0 unspecified atom stereocenters. The first-order valence-corrected chi connectivity index (χ1v) is 8.67. The molecular formula is C21H23NO3. The Hall–Kier alpha value is -2.62. The number of ether oxygens (including phenoxy) is 1. The quantitative estimate of drug-likeness (QED) is 0.797. The Morgan fingerprint density at radius 2 is 1.56 bits per heavy atom. The molecule has 0 aromatic heterocycles. The summed E-state index contributed by atoms with van der Waals surface area (Å²) in [6.45, 7) is 5.33. The summed E-state index contributed by atoms with van der Waals surface area (Å²) >= 11 is 0. The summed E-state index contributed by atoms with van der Waals surface area (Å²) in [4.78, 5) is 27.3. The van der Waals surface area contributed by atoms with Crippen molar-refractivity contribution in [1.29, 1.82) is 0 Å². The summed E-state index contributed by atoms with van der Waals surface area (Å²) in [6, 6.07) is 14.8. The van der Waals surface area contributed by atoms with Crippen LogP contribution in [0, 0.1) is 13.8 Å². The first kappa shape index (κ1) is 17.2. The van der Waals surface area contributed by atoms with Crippen molar-refractivity contribution in [3.63, 3.8) is 0 Å². The van der Waals surface area contributed by atoms with Crippen molar-refractivity contribution >= 4 is 11.9 Å². The molecule has 1 saturated heterocycles. The summed E-state index contributed by atoms with van der Waals surface area (Å²) < 4.78 is 5.68. The zero-order valence-electron chi connectivity index (χ0n) is 14.7. The second-order valence-electron chi connectivity index (χ2n) is 6.60. The second-order valence-corrected chi connectivity index (χ2v) is 6.60. The van der Waals surface area contributed by atoms with Crippen LogP contribution in [0.1, 0.15) is 46.0 Å². The van der Waals surface area contributed by atoms with E-state index in [1.165, 1.54) is 0 Å². The minimum Gasteiger partial charge on any atom is -0.444 e. The maximum Gasteiger partial charge on any atom is 0.339 e. The van der Waals surface area contributed by atoms with Gasteiger partial charge < -0.3 is 9.64 Å². The van der Waals surface area contributed by atoms with Crippen LogP contribution in [0.25, 0.3) is 0 Å². The van der Waals surface area contributed by atoms with E-state index in [1.807, 2.05) is 50.2 Å². The van der Waals surface area contributed by atoms with Crippen molar-refractivity contribution in [3.05, 3.63) is 70.8 Å². The van der Waals surface area contributed by atoms with Gasteiger partial charge in [-0.1, -0.05) is 47.5 Å². The minimum absolute atomic E-state index is 0.138. The highest BCUT2D eigenvalue weighted by Gasteiger charge is 2.31. The van der Waals surface area contributed by atoms with Gasteiger partial charge in [-0.15, -0.1) is 0 Å². The molecule has 2 aromatic carbocycles. The summed E-state index contributed by atoms with van der Waals surface area (Å²) in [7, 11) is 0. The Morgan fingerprint density at radius 3 is 2.16 bits per heavy atom. The molecule has 1 atom stereocenters. The number of carbonyl (C=O) groups excluding carboxylic acids is 2. The average Bonchev–Trinajstić information content (AvgIpc) is 3.13. The Kier molecular flexibility index (Phi) is 5.17. The lowest BCUT2D eigenvalue weighted by Crippen LogP contribution is -2.34. The zero-order valence-corrected chi connectivity index (χ0v) is 14.7. The molecule has 0 aliphatic carbocycles. The molecule has 3 rings (SSSR count). The summed E-state index contributed by atoms with van der Waals surface area (Å²) in [6.07, 6.45) is 1.10. The van der Waals surface area contributed by atoms with Crippen LogP contribution in [0.4, 0.5) is 0 Å². The van der Waals surface area contributed by atoms with Crippen molar-refractivity contribution in [3.8, 4) is 0 Å². The third kappa shape index (κ3) is 4.08. The smallest absolute Gasteiger partial charge is 0.339 e. The molecular weight excluding hydrogens is 314 g/mol. The molecule has 2 aromatic rings. The monoisotopic (exact) mass is 337 g/mol. The Labute approximate surface area is 148 Å². The van der Waals surface area contributed by atoms with Crippen LogP contribution in [0.2, 0.25) is 0 Å². The Bertz CT molecular complexity index is 744. The molecule has 0 spiro atoms. The summed E-state index contributed by atoms with van der Waals surface area (Å²) in [5.74, 6) is -0.602. The van der Waals surface area contributed by atoms with Crippen molar-refractivity contribution < 1.29 is 14.3 Å². The average molecular weight is 337 g/mol. The van der Waals surface area contributed by atoms with Crippen LogP contribution < -0.4 is 0 Å². The highest BCUT2D eigenvalue weighted by molar-refractivity contribution is 5.93. The largest absolute Gasteiger partial charge is 0.444 e. The molecule has 1 fully saturated rings. The van der Waals surface area contributed by atoms with E-state index in [0.29, 0.717) is 11.1 Å². The van der Waals surface area contributed by atoms with Gasteiger partial charge in [0.15, 0.2) is 0 Å². The number of rotatable bonds is 4. The van der Waals surface area contributed by atoms with E-state index in [9.17, 15) is 9.59 Å². The number of nitrogens with zero attached hydrogens (tertiary/aromatic N) is 1. The van der Waals surface area contributed by atoms with E-state index >= 15 is 0 Å². The topological polar surface area (TPSA) is 46.6 Å². The first-order valence-electron chi connectivity index (χ1n) is 8.67. The van der Waals surface area contributed by atoms with Gasteiger partial charge in [-0.05, 0) is 38.8 Å². The Balaban J connectivity index is 1.86. The summed E-state index contributed by atoms with van der Waals surface area (Å²) in [5, 5.41) is 0. The normalized spacial score (nSPS) is 15.0. The molecule has 130 valence electrons. The molecule has 4 heteroatoms. The van der Waals surface area contributed by atoms with E-state index in [-0.39, 0.29) is 5.91 Å². The van der Waals surface area contributed by atoms with Gasteiger partial charge in [-0.2, -0.15) is 0 Å². The van der Waals surface area contributed by atoms with Crippen LogP contribution in [0.15, 0.2) is 48.5 Å². The molecule has 4 nitrogen and oxygen atoms in total. The fourth-order valence-electron chi connectivity index (χ4n) is 3.26. The molecule has 1 heterocycles. The van der Waals surface area contributed by atoms with Gasteiger partial charge in [0, 0.05) is 18.7 Å². The fraction of sp³-hybridized carbons (Fsp3) is 0.333. The SMILES string of the molecule is Cc1cc(C)cc(C(=O)O[C@H](C(=O)N2CCCC2)c2ccccc2)c1. The van der Waals surface area contributed by atoms with Crippen LogP contribution >= 0.6 is 0 Å². The fourth-order valence-corrected chi connectivity index (χ4v) is 3.26. The van der Waals surface area contributed by atoms with Gasteiger partial charge in [0.1, 0.15) is 0 Å². The standard InChI is InChI=1S/C21H23NO3/c1-15-12-16(2)14-18(13-15)21(24)25-19(17-8-4-3-5-9-17)20(23)22-10-6-7-11-22/h3-5,8-9,12-14,19H,6-7,10-11H2,1-2H3/t19-/m0/s1. The molecule has 0 N–H and O–H groups in total. The third-order valence-corrected chi connectivity index (χ3v) is 4.43. The zero-order chi connectivity index (χ0) is 17.8. The molecule has 1 aliphatic rings. The van der Waals surface area contributed by atoms with Gasteiger partial charge in [0.25, 0.3) is 5.91 Å². The van der Waals surface area contributed by atoms with Gasteiger partial charge in [-0.3, -0.25) is 4.79 Å². The molecule has 1 amide bonds. The Morgan fingerprint density at radius 1 is 0.960 bits per heavy atom. The number of aryl methyl sites for hydroxylation is 2. The van der Waals surface area contributed by atoms with E-state index in [1.54, 1.807) is 17.0 Å². The van der Waals surface area contributed by atoms with Gasteiger partial charge in [-0.25, -0.2) is 4.79 Å². The number of hydrogen-bond donors (Lipinski definition) is 0. The lowest BCUT2D eigenvalue weighted by Gasteiger charge is -2.23. The van der Waals surface area contributed by atoms with Crippen LogP contribution in [-0.2, 0) is 9.53 Å². The number of benzene rings is 2. The lowest BCUT2D eigenvalue weighted by atomic mass is 10.1. The van der Waals surface area contributed by atoms with Gasteiger partial charge in [0.2, 0.25) is 6.10 Å². The number of esters is 1. The first-order chi connectivity index (χ1) is 12.0. The van der Waals surface area contributed by atoms with Crippen LogP contribution in [0.5, 0.6) is 0 Å². The van der Waals surface area contributed by atoms with Gasteiger partial charge in [0.05, 0.1) is 5.56 Å². The van der Waals surface area contributed by atoms with E-state index < -0.39 is 12.1 Å². The predicted molar refractivity (Wildman–Crippen MR) is 96.3 cm³/mol. The number of likely N-dealkylation sites (tertiary alicyclic amines) is 1. The van der Waals surface area contributed by atoms with Crippen molar-refractivity contribution in [2.45, 2.75) is 32.8 Å². The predicted octanol–water partition coefficient (Wildman–Crippen LogP) is 3.82. The number of carbonyl (C=O) groups is 2. The lowest BCUT2D eigenvalue weighted by molar-refractivity contribution is -0.140. The maximum atomic E-state index is 12.9. The van der Waals surface area contributed by atoms with E-state index in [4.69, 9.17) is 4.74 Å².